The Labute approximate surface area is 173 Å². The molecule has 0 radical (unpaired) electrons. The Bertz CT molecular complexity index is 583. The van der Waals surface area contributed by atoms with Gasteiger partial charge in [-0.15, -0.1) is 6.58 Å². The molecule has 0 aromatic heterocycles. The zero-order valence-corrected chi connectivity index (χ0v) is 18.0. The van der Waals surface area contributed by atoms with Crippen LogP contribution in [0.15, 0.2) is 49.1 Å². The zero-order chi connectivity index (χ0) is 19.6. The van der Waals surface area contributed by atoms with Crippen LogP contribution in [0.4, 0.5) is 0 Å². The van der Waals surface area contributed by atoms with E-state index in [0.717, 1.165) is 23.7 Å². The monoisotopic (exact) mass is 380 g/mol. The van der Waals surface area contributed by atoms with Crippen molar-refractivity contribution in [2.24, 2.45) is 17.8 Å². The lowest BCUT2D eigenvalue weighted by Crippen LogP contribution is -2.17. The van der Waals surface area contributed by atoms with Crippen LogP contribution in [0.25, 0.3) is 0 Å². The van der Waals surface area contributed by atoms with E-state index in [9.17, 15) is 0 Å². The second-order valence-electron chi connectivity index (χ2n) is 9.15. The van der Waals surface area contributed by atoms with Gasteiger partial charge in [0.1, 0.15) is 0 Å². The van der Waals surface area contributed by atoms with E-state index in [1.165, 1.54) is 75.3 Å². The van der Waals surface area contributed by atoms with Crippen molar-refractivity contribution in [3.05, 3.63) is 60.2 Å². The molecule has 0 saturated heterocycles. The maximum atomic E-state index is 5.54. The summed E-state index contributed by atoms with van der Waals surface area (Å²) in [4.78, 5) is 0. The number of hydrogen-bond donors (Lipinski definition) is 0. The molecule has 28 heavy (non-hydrogen) atoms. The first-order valence-corrected chi connectivity index (χ1v) is 11.7. The second-order valence-corrected chi connectivity index (χ2v) is 9.15. The van der Waals surface area contributed by atoms with Crippen LogP contribution in [0.1, 0.15) is 88.2 Å². The van der Waals surface area contributed by atoms with Crippen LogP contribution in [-0.4, -0.2) is 6.61 Å². The molecule has 1 nitrogen and oxygen atoms in total. The molecule has 0 bridgehead atoms. The lowest BCUT2D eigenvalue weighted by Gasteiger charge is -2.31. The fourth-order valence-corrected chi connectivity index (χ4v) is 5.34. The summed E-state index contributed by atoms with van der Waals surface area (Å²) < 4.78 is 5.54. The van der Waals surface area contributed by atoms with Gasteiger partial charge in [0.25, 0.3) is 0 Å². The van der Waals surface area contributed by atoms with Crippen LogP contribution < -0.4 is 0 Å². The van der Waals surface area contributed by atoms with Crippen LogP contribution in [0.3, 0.4) is 0 Å². The summed E-state index contributed by atoms with van der Waals surface area (Å²) in [5, 5.41) is 0. The zero-order valence-electron chi connectivity index (χ0n) is 18.0. The Morgan fingerprint density at radius 2 is 1.50 bits per heavy atom. The van der Waals surface area contributed by atoms with E-state index in [0.29, 0.717) is 13.2 Å². The molecular weight excluding hydrogens is 340 g/mol. The van der Waals surface area contributed by atoms with Crippen molar-refractivity contribution in [1.29, 1.82) is 0 Å². The van der Waals surface area contributed by atoms with Gasteiger partial charge in [0, 0.05) is 0 Å². The van der Waals surface area contributed by atoms with Crippen molar-refractivity contribution in [1.82, 2.24) is 0 Å². The smallest absolute Gasteiger partial charge is 0.0721 e. The van der Waals surface area contributed by atoms with Gasteiger partial charge >= 0.3 is 0 Å². The molecule has 2 aliphatic rings. The van der Waals surface area contributed by atoms with E-state index < -0.39 is 0 Å². The molecule has 2 saturated carbocycles. The molecule has 2 aliphatic carbocycles. The number of rotatable bonds is 9. The van der Waals surface area contributed by atoms with Gasteiger partial charge in [-0.05, 0) is 93.1 Å². The molecule has 3 rings (SSSR count). The van der Waals surface area contributed by atoms with Crippen LogP contribution in [-0.2, 0) is 11.3 Å². The lowest BCUT2D eigenvalue weighted by atomic mass is 9.74. The third-order valence-corrected chi connectivity index (χ3v) is 7.14. The quantitative estimate of drug-likeness (QED) is 0.313. The topological polar surface area (TPSA) is 9.23 Å². The number of hydrogen-bond acceptors (Lipinski definition) is 1. The van der Waals surface area contributed by atoms with Gasteiger partial charge < -0.3 is 4.74 Å². The SMILES string of the molecule is C=CCOCc1ccc([C@H]2CC[C@H](CC[C@H]3CC[C@H](C=CC)CC3)CC2)cc1. The first-order valence-electron chi connectivity index (χ1n) is 11.7. The van der Waals surface area contributed by atoms with Crippen molar-refractivity contribution in [2.45, 2.75) is 83.7 Å². The normalized spacial score (nSPS) is 28.5. The van der Waals surface area contributed by atoms with Crippen LogP contribution >= 0.6 is 0 Å². The standard InChI is InChI=1S/C27H40O/c1-3-5-22-6-8-23(9-7-22)10-11-24-12-16-26(17-13-24)27-18-14-25(15-19-27)21-28-20-4-2/h3-5,14-15,18-19,22-24,26H,2,6-13,16-17,20-21H2,1H3/t22-,23-,24-,26-. The molecule has 154 valence electrons. The molecule has 0 N–H and O–H groups in total. The molecule has 0 amide bonds. The Hall–Kier alpha value is -1.34. The maximum Gasteiger partial charge on any atom is 0.0721 e. The van der Waals surface area contributed by atoms with Gasteiger partial charge in [0.05, 0.1) is 13.2 Å². The highest BCUT2D eigenvalue weighted by atomic mass is 16.5. The van der Waals surface area contributed by atoms with Gasteiger partial charge in [-0.3, -0.25) is 0 Å². The molecule has 2 fully saturated rings. The molecule has 1 aromatic rings. The third-order valence-electron chi connectivity index (χ3n) is 7.14. The number of ether oxygens (including phenoxy) is 1. The van der Waals surface area contributed by atoms with Gasteiger partial charge in [0.2, 0.25) is 0 Å². The molecule has 0 spiro atoms. The highest BCUT2D eigenvalue weighted by molar-refractivity contribution is 5.25. The Morgan fingerprint density at radius 1 is 0.893 bits per heavy atom. The van der Waals surface area contributed by atoms with Crippen molar-refractivity contribution >= 4 is 0 Å². The fourth-order valence-electron chi connectivity index (χ4n) is 5.34. The predicted molar refractivity (Wildman–Crippen MR) is 120 cm³/mol. The van der Waals surface area contributed by atoms with E-state index in [4.69, 9.17) is 4.74 Å². The average Bonchev–Trinajstić information content (AvgIpc) is 2.75. The van der Waals surface area contributed by atoms with Crippen LogP contribution in [0.5, 0.6) is 0 Å². The molecular formula is C27H40O. The van der Waals surface area contributed by atoms with E-state index in [2.05, 4.69) is 49.9 Å². The number of benzene rings is 1. The average molecular weight is 381 g/mol. The second kappa shape index (κ2) is 11.6. The fraction of sp³-hybridized carbons (Fsp3) is 0.630. The van der Waals surface area contributed by atoms with E-state index >= 15 is 0 Å². The van der Waals surface area contributed by atoms with Gasteiger partial charge in [-0.25, -0.2) is 0 Å². The van der Waals surface area contributed by atoms with Crippen LogP contribution in [0, 0.1) is 17.8 Å². The molecule has 0 heterocycles. The maximum absolute atomic E-state index is 5.54. The molecule has 0 aliphatic heterocycles. The van der Waals surface area contributed by atoms with E-state index in [-0.39, 0.29) is 0 Å². The predicted octanol–water partition coefficient (Wildman–Crippen LogP) is 7.83. The summed E-state index contributed by atoms with van der Waals surface area (Å²) in [7, 11) is 0. The van der Waals surface area contributed by atoms with Gasteiger partial charge in [0.15, 0.2) is 0 Å². The molecule has 1 heteroatoms. The summed E-state index contributed by atoms with van der Waals surface area (Å²) in [5.74, 6) is 3.64. The van der Waals surface area contributed by atoms with Gasteiger partial charge in [-0.1, -0.05) is 55.3 Å². The molecule has 0 unspecified atom stereocenters. The van der Waals surface area contributed by atoms with E-state index in [1.54, 1.807) is 0 Å². The lowest BCUT2D eigenvalue weighted by molar-refractivity contribution is 0.149. The number of allylic oxidation sites excluding steroid dienone is 2. The Kier molecular flexibility index (Phi) is 8.86. The Balaban J connectivity index is 1.35. The first kappa shape index (κ1) is 21.4. The minimum absolute atomic E-state index is 0.628. The summed E-state index contributed by atoms with van der Waals surface area (Å²) >= 11 is 0. The first-order chi connectivity index (χ1) is 13.8. The third kappa shape index (κ3) is 6.62. The summed E-state index contributed by atoms with van der Waals surface area (Å²) in [6.07, 6.45) is 20.9. The summed E-state index contributed by atoms with van der Waals surface area (Å²) in [6, 6.07) is 9.16. The highest BCUT2D eigenvalue weighted by Crippen LogP contribution is 2.40. The minimum atomic E-state index is 0.628. The van der Waals surface area contributed by atoms with E-state index in [1.807, 2.05) is 6.08 Å². The Morgan fingerprint density at radius 3 is 2.07 bits per heavy atom. The summed E-state index contributed by atoms with van der Waals surface area (Å²) in [6.45, 7) is 7.18. The highest BCUT2D eigenvalue weighted by Gasteiger charge is 2.24. The molecule has 0 atom stereocenters. The van der Waals surface area contributed by atoms with Crippen molar-refractivity contribution in [2.75, 3.05) is 6.61 Å². The van der Waals surface area contributed by atoms with Crippen molar-refractivity contribution in [3.8, 4) is 0 Å². The minimum Gasteiger partial charge on any atom is -0.373 e. The van der Waals surface area contributed by atoms with Crippen molar-refractivity contribution in [3.63, 3.8) is 0 Å². The van der Waals surface area contributed by atoms with Crippen LogP contribution in [0.2, 0.25) is 0 Å². The van der Waals surface area contributed by atoms with Crippen molar-refractivity contribution < 1.29 is 4.74 Å². The summed E-state index contributed by atoms with van der Waals surface area (Å²) in [5.41, 5.74) is 2.80. The van der Waals surface area contributed by atoms with Gasteiger partial charge in [-0.2, -0.15) is 0 Å². The molecule has 1 aromatic carbocycles. The largest absolute Gasteiger partial charge is 0.373 e.